The molecule has 9 nitrogen and oxygen atoms in total. The molecule has 5 rings (SSSR count). The van der Waals surface area contributed by atoms with Crippen LogP contribution in [0, 0.1) is 5.92 Å². The maximum atomic E-state index is 14.0. The summed E-state index contributed by atoms with van der Waals surface area (Å²) in [6.45, 7) is -0.127. The van der Waals surface area contributed by atoms with Crippen molar-refractivity contribution >= 4 is 41.3 Å². The summed E-state index contributed by atoms with van der Waals surface area (Å²) in [5.74, 6) is -0.921. The standard InChI is InChI=1S/C30H32Cl2N2O7/c1-40-24-12-17(15-36)10-19-25-20(29(38)33-8-9-35)13-23(26(37)28(25)41-27(19)24)34(30(39)18-4-2-3-5-18)14-16-6-7-21(31)22(32)11-16/h6-7,10-13,15,18,23,25-26,28,35,37H,2-5,8-9,14H2,1H3,(H,33,38). The van der Waals surface area contributed by atoms with Gasteiger partial charge in [-0.1, -0.05) is 42.1 Å². The van der Waals surface area contributed by atoms with Crippen LogP contribution in [0.2, 0.25) is 10.0 Å². The van der Waals surface area contributed by atoms with E-state index < -0.39 is 30.1 Å². The second-order valence-corrected chi connectivity index (χ2v) is 11.4. The highest BCUT2D eigenvalue weighted by molar-refractivity contribution is 6.42. The highest BCUT2D eigenvalue weighted by atomic mass is 35.5. The van der Waals surface area contributed by atoms with E-state index in [1.807, 2.05) is 0 Å². The molecule has 0 spiro atoms. The van der Waals surface area contributed by atoms with Gasteiger partial charge in [0, 0.05) is 35.7 Å². The first-order valence-electron chi connectivity index (χ1n) is 13.6. The van der Waals surface area contributed by atoms with Gasteiger partial charge in [-0.05, 0) is 48.7 Å². The first-order chi connectivity index (χ1) is 19.8. The summed E-state index contributed by atoms with van der Waals surface area (Å²) >= 11 is 12.4. The Morgan fingerprint density at radius 1 is 1.17 bits per heavy atom. The molecule has 2 aliphatic carbocycles. The lowest BCUT2D eigenvalue weighted by Crippen LogP contribution is -2.56. The molecule has 2 aromatic rings. The van der Waals surface area contributed by atoms with Gasteiger partial charge < -0.3 is 29.9 Å². The number of aldehydes is 1. The SMILES string of the molecule is COc1cc(C=O)cc2c1OC1C2C(C(=O)NCCO)=CC(N(Cc2ccc(Cl)c(Cl)c2)C(=O)C2CCCC2)C1O. The molecule has 3 aliphatic rings. The molecule has 1 fully saturated rings. The van der Waals surface area contributed by atoms with Crippen molar-refractivity contribution < 1.29 is 34.1 Å². The van der Waals surface area contributed by atoms with E-state index in [1.54, 1.807) is 35.2 Å². The Labute approximate surface area is 248 Å². The summed E-state index contributed by atoms with van der Waals surface area (Å²) in [6.07, 6.45) is 3.49. The number of aliphatic hydroxyl groups excluding tert-OH is 2. The second-order valence-electron chi connectivity index (χ2n) is 10.6. The third-order valence-corrected chi connectivity index (χ3v) is 8.83. The van der Waals surface area contributed by atoms with E-state index in [0.29, 0.717) is 44.5 Å². The zero-order valence-corrected chi connectivity index (χ0v) is 24.0. The largest absolute Gasteiger partial charge is 0.493 e. The first-order valence-corrected chi connectivity index (χ1v) is 14.4. The number of aliphatic hydroxyl groups is 2. The lowest BCUT2D eigenvalue weighted by Gasteiger charge is -2.41. The molecule has 0 bridgehead atoms. The number of rotatable bonds is 9. The highest BCUT2D eigenvalue weighted by Crippen LogP contribution is 2.51. The van der Waals surface area contributed by atoms with Crippen LogP contribution in [0.25, 0.3) is 0 Å². The fourth-order valence-corrected chi connectivity index (χ4v) is 6.45. The van der Waals surface area contributed by atoms with E-state index in [2.05, 4.69) is 5.32 Å². The summed E-state index contributed by atoms with van der Waals surface area (Å²) in [6, 6.07) is 7.34. The topological polar surface area (TPSA) is 125 Å². The van der Waals surface area contributed by atoms with Gasteiger partial charge in [-0.25, -0.2) is 0 Å². The molecule has 4 unspecified atom stereocenters. The zero-order valence-electron chi connectivity index (χ0n) is 22.5. The Balaban J connectivity index is 1.61. The van der Waals surface area contributed by atoms with Gasteiger partial charge in [-0.3, -0.25) is 14.4 Å². The lowest BCUT2D eigenvalue weighted by molar-refractivity contribution is -0.142. The molecule has 1 saturated carbocycles. The van der Waals surface area contributed by atoms with E-state index in [9.17, 15) is 24.6 Å². The van der Waals surface area contributed by atoms with E-state index >= 15 is 0 Å². The third-order valence-electron chi connectivity index (χ3n) is 8.10. The van der Waals surface area contributed by atoms with Crippen molar-refractivity contribution in [2.45, 2.75) is 56.4 Å². The number of carbonyl (C=O) groups is 3. The minimum Gasteiger partial charge on any atom is -0.493 e. The minimum atomic E-state index is -1.22. The van der Waals surface area contributed by atoms with Gasteiger partial charge in [-0.15, -0.1) is 0 Å². The molecule has 4 atom stereocenters. The molecule has 1 aliphatic heterocycles. The summed E-state index contributed by atoms with van der Waals surface area (Å²) in [7, 11) is 1.44. The molecule has 0 aromatic heterocycles. The number of amides is 2. The number of hydrogen-bond donors (Lipinski definition) is 3. The van der Waals surface area contributed by atoms with Crippen molar-refractivity contribution in [2.24, 2.45) is 5.92 Å². The molecule has 3 N–H and O–H groups in total. The van der Waals surface area contributed by atoms with Gasteiger partial charge in [0.2, 0.25) is 11.8 Å². The Morgan fingerprint density at radius 3 is 2.59 bits per heavy atom. The molecule has 41 heavy (non-hydrogen) atoms. The van der Waals surface area contributed by atoms with Crippen LogP contribution in [0.5, 0.6) is 11.5 Å². The Morgan fingerprint density at radius 2 is 1.93 bits per heavy atom. The van der Waals surface area contributed by atoms with Crippen LogP contribution < -0.4 is 14.8 Å². The highest BCUT2D eigenvalue weighted by Gasteiger charge is 2.52. The predicted octanol–water partition coefficient (Wildman–Crippen LogP) is 3.66. The Kier molecular flexibility index (Phi) is 8.89. The summed E-state index contributed by atoms with van der Waals surface area (Å²) in [4.78, 5) is 40.8. The smallest absolute Gasteiger partial charge is 0.247 e. The molecule has 2 amide bonds. The molecule has 0 saturated heterocycles. The van der Waals surface area contributed by atoms with E-state index in [0.717, 1.165) is 25.7 Å². The predicted molar refractivity (Wildman–Crippen MR) is 152 cm³/mol. The fraction of sp³-hybridized carbons (Fsp3) is 0.433. The number of nitrogens with one attached hydrogen (secondary N) is 1. The van der Waals surface area contributed by atoms with Crippen LogP contribution in [0.15, 0.2) is 42.0 Å². The monoisotopic (exact) mass is 602 g/mol. The number of ether oxygens (including phenoxy) is 2. The third kappa shape index (κ3) is 5.68. The van der Waals surface area contributed by atoms with Crippen LogP contribution in [-0.2, 0) is 16.1 Å². The number of fused-ring (bicyclic) bond motifs is 3. The normalized spacial score (nSPS) is 23.2. The molecule has 2 aromatic carbocycles. The zero-order chi connectivity index (χ0) is 29.3. The molecule has 218 valence electrons. The molecule has 1 heterocycles. The molecular weight excluding hydrogens is 571 g/mol. The van der Waals surface area contributed by atoms with E-state index in [4.69, 9.17) is 32.7 Å². The Hall–Kier alpha value is -3.11. The van der Waals surface area contributed by atoms with Crippen LogP contribution in [0.1, 0.15) is 53.1 Å². The van der Waals surface area contributed by atoms with Crippen LogP contribution >= 0.6 is 23.2 Å². The molecular formula is C30H32Cl2N2O7. The van der Waals surface area contributed by atoms with Gasteiger partial charge in [-0.2, -0.15) is 0 Å². The van der Waals surface area contributed by atoms with Crippen molar-refractivity contribution in [3.8, 4) is 11.5 Å². The fourth-order valence-electron chi connectivity index (χ4n) is 6.13. The van der Waals surface area contributed by atoms with Crippen molar-refractivity contribution in [1.29, 1.82) is 0 Å². The minimum absolute atomic E-state index is 0.0141. The quantitative estimate of drug-likeness (QED) is 0.374. The van der Waals surface area contributed by atoms with Gasteiger partial charge in [0.1, 0.15) is 18.5 Å². The van der Waals surface area contributed by atoms with Crippen LogP contribution in [-0.4, -0.2) is 71.7 Å². The average Bonchev–Trinajstić information content (AvgIpc) is 3.65. The van der Waals surface area contributed by atoms with Crippen molar-refractivity contribution in [3.05, 3.63) is 68.7 Å². The van der Waals surface area contributed by atoms with Crippen molar-refractivity contribution in [2.75, 3.05) is 20.3 Å². The second kappa shape index (κ2) is 12.4. The number of carbonyl (C=O) groups excluding carboxylic acids is 3. The number of methoxy groups -OCH3 is 1. The van der Waals surface area contributed by atoms with Gasteiger partial charge in [0.05, 0.1) is 35.7 Å². The maximum Gasteiger partial charge on any atom is 0.247 e. The van der Waals surface area contributed by atoms with Crippen LogP contribution in [0.4, 0.5) is 0 Å². The number of nitrogens with zero attached hydrogens (tertiary/aromatic N) is 1. The van der Waals surface area contributed by atoms with E-state index in [1.165, 1.54) is 13.2 Å². The maximum absolute atomic E-state index is 14.0. The lowest BCUT2D eigenvalue weighted by atomic mass is 9.77. The summed E-state index contributed by atoms with van der Waals surface area (Å²) in [5.41, 5.74) is 1.83. The van der Waals surface area contributed by atoms with Gasteiger partial charge in [0.15, 0.2) is 11.5 Å². The van der Waals surface area contributed by atoms with Crippen molar-refractivity contribution in [1.82, 2.24) is 10.2 Å². The van der Waals surface area contributed by atoms with Crippen molar-refractivity contribution in [3.63, 3.8) is 0 Å². The molecule has 11 heteroatoms. The van der Waals surface area contributed by atoms with Gasteiger partial charge in [0.25, 0.3) is 0 Å². The first kappa shape index (κ1) is 29.4. The van der Waals surface area contributed by atoms with Crippen LogP contribution in [0.3, 0.4) is 0 Å². The molecule has 0 radical (unpaired) electrons. The average molecular weight is 603 g/mol. The summed E-state index contributed by atoms with van der Waals surface area (Å²) in [5, 5.41) is 24.6. The van der Waals surface area contributed by atoms with E-state index in [-0.39, 0.29) is 37.1 Å². The number of halogens is 2. The summed E-state index contributed by atoms with van der Waals surface area (Å²) < 4.78 is 11.7. The number of benzene rings is 2. The van der Waals surface area contributed by atoms with Gasteiger partial charge >= 0.3 is 0 Å². The Bertz CT molecular complexity index is 1370. The number of hydrogen-bond acceptors (Lipinski definition) is 7.